The normalized spacial score (nSPS) is 14.6. The number of benzene rings is 3. The Balaban J connectivity index is 1.27. The van der Waals surface area contributed by atoms with Crippen molar-refractivity contribution in [2.45, 2.75) is 38.0 Å². The van der Waals surface area contributed by atoms with E-state index in [0.29, 0.717) is 23.7 Å². The number of alkyl halides is 3. The number of fused-ring (bicyclic) bond motifs is 1. The van der Waals surface area contributed by atoms with Gasteiger partial charge in [0.15, 0.2) is 0 Å². The van der Waals surface area contributed by atoms with Gasteiger partial charge in [0.1, 0.15) is 11.5 Å². The van der Waals surface area contributed by atoms with Crippen LogP contribution >= 0.6 is 0 Å². The van der Waals surface area contributed by atoms with Gasteiger partial charge in [-0.2, -0.15) is 13.2 Å². The smallest absolute Gasteiger partial charge is 0.491 e. The summed E-state index contributed by atoms with van der Waals surface area (Å²) in [4.78, 5) is 25.0. The molecule has 0 spiro atoms. The van der Waals surface area contributed by atoms with Crippen LogP contribution in [-0.4, -0.2) is 42.8 Å². The quantitative estimate of drug-likeness (QED) is 0.182. The molecule has 9 heteroatoms. The van der Waals surface area contributed by atoms with Crippen LogP contribution in [0.15, 0.2) is 78.9 Å². The van der Waals surface area contributed by atoms with Gasteiger partial charge in [0, 0.05) is 37.2 Å². The molecule has 0 fully saturated rings. The predicted octanol–water partition coefficient (Wildman–Crippen LogP) is 5.66. The van der Waals surface area contributed by atoms with E-state index in [-0.39, 0.29) is 6.61 Å². The van der Waals surface area contributed by atoms with E-state index in [4.69, 9.17) is 9.47 Å². The van der Waals surface area contributed by atoms with E-state index < -0.39 is 30.5 Å². The molecule has 0 N–H and O–H groups in total. The lowest BCUT2D eigenvalue weighted by Gasteiger charge is -2.23. The fraction of sp³-hybridized carbons (Fsp3) is 0.310. The van der Waals surface area contributed by atoms with Crippen LogP contribution < -0.4 is 9.47 Å². The lowest BCUT2D eigenvalue weighted by atomic mass is 9.98. The number of nitrogens with zero attached hydrogens (tertiary/aromatic N) is 1. The molecule has 3 aromatic carbocycles. The topological polar surface area (TPSA) is 65.1 Å². The summed E-state index contributed by atoms with van der Waals surface area (Å²) >= 11 is 0. The second kappa shape index (κ2) is 12.6. The average Bonchev–Trinajstić information content (AvgIpc) is 3.28. The van der Waals surface area contributed by atoms with Crippen molar-refractivity contribution in [1.29, 1.82) is 0 Å². The van der Waals surface area contributed by atoms with Crippen molar-refractivity contribution in [3.8, 4) is 11.5 Å². The van der Waals surface area contributed by atoms with E-state index in [1.54, 1.807) is 18.2 Å². The van der Waals surface area contributed by atoms with Gasteiger partial charge in [-0.25, -0.2) is 4.79 Å². The highest BCUT2D eigenvalue weighted by atomic mass is 19.4. The number of hydrogen-bond acceptors (Lipinski definition) is 6. The number of hydrogen-bond donors (Lipinski definition) is 0. The monoisotopic (exact) mass is 527 g/mol. The molecular weight excluding hydrogens is 499 g/mol. The fourth-order valence-electron chi connectivity index (χ4n) is 4.30. The molecule has 38 heavy (non-hydrogen) atoms. The van der Waals surface area contributed by atoms with Crippen LogP contribution in [0.2, 0.25) is 0 Å². The van der Waals surface area contributed by atoms with Crippen molar-refractivity contribution >= 4 is 11.9 Å². The fourth-order valence-corrected chi connectivity index (χ4v) is 4.30. The maximum Gasteiger partial charge on any atom is 0.491 e. The standard InChI is InChI=1S/C29H28F3NO5/c30-29(31,32)28(35)38-27(34)16-23-20-37-26-17-24(12-13-25(23)26)36-15-7-14-33(18-21-8-3-1-4-9-21)19-22-10-5-2-6-11-22/h1-6,8-13,17,23H,7,14-16,18-20H2. The zero-order valence-corrected chi connectivity index (χ0v) is 20.7. The third-order valence-corrected chi connectivity index (χ3v) is 6.10. The Bertz CT molecular complexity index is 1180. The number of esters is 2. The molecule has 0 amide bonds. The number of ether oxygens (including phenoxy) is 3. The first-order valence-electron chi connectivity index (χ1n) is 12.3. The minimum Gasteiger partial charge on any atom is -0.493 e. The lowest BCUT2D eigenvalue weighted by molar-refractivity contribution is -0.202. The molecule has 4 rings (SSSR count). The van der Waals surface area contributed by atoms with Crippen LogP contribution in [0.4, 0.5) is 13.2 Å². The van der Waals surface area contributed by atoms with Gasteiger partial charge in [-0.1, -0.05) is 66.7 Å². The molecule has 1 unspecified atom stereocenters. The molecular formula is C29H28F3NO5. The molecule has 0 aromatic heterocycles. The molecule has 1 aliphatic heterocycles. The van der Waals surface area contributed by atoms with Gasteiger partial charge in [0.2, 0.25) is 0 Å². The molecule has 0 saturated carbocycles. The van der Waals surface area contributed by atoms with Crippen molar-refractivity contribution in [2.24, 2.45) is 0 Å². The van der Waals surface area contributed by atoms with E-state index in [1.807, 2.05) is 36.4 Å². The highest BCUT2D eigenvalue weighted by Gasteiger charge is 2.43. The maximum absolute atomic E-state index is 12.3. The molecule has 6 nitrogen and oxygen atoms in total. The first-order chi connectivity index (χ1) is 18.3. The third kappa shape index (κ3) is 7.82. The SMILES string of the molecule is O=C(CC1COc2cc(OCCCN(Cc3ccccc3)Cc3ccccc3)ccc21)OC(=O)C(F)(F)F. The Kier molecular flexibility index (Phi) is 9.02. The molecule has 200 valence electrons. The second-order valence-electron chi connectivity index (χ2n) is 9.05. The van der Waals surface area contributed by atoms with E-state index in [2.05, 4.69) is 33.9 Å². The van der Waals surface area contributed by atoms with Gasteiger partial charge in [-0.15, -0.1) is 0 Å². The molecule has 1 atom stereocenters. The minimum absolute atomic E-state index is 0.0992. The maximum atomic E-state index is 12.3. The summed E-state index contributed by atoms with van der Waals surface area (Å²) in [6.45, 7) is 3.05. The molecule has 1 aliphatic rings. The molecule has 0 bridgehead atoms. The summed E-state index contributed by atoms with van der Waals surface area (Å²) in [5, 5.41) is 0. The van der Waals surface area contributed by atoms with Crippen LogP contribution in [0.3, 0.4) is 0 Å². The third-order valence-electron chi connectivity index (χ3n) is 6.10. The van der Waals surface area contributed by atoms with E-state index in [9.17, 15) is 22.8 Å². The van der Waals surface area contributed by atoms with Crippen LogP contribution in [0.5, 0.6) is 11.5 Å². The average molecular weight is 528 g/mol. The van der Waals surface area contributed by atoms with Crippen molar-refractivity contribution < 1.29 is 37.0 Å². The molecule has 3 aromatic rings. The van der Waals surface area contributed by atoms with Crippen LogP contribution in [0.25, 0.3) is 0 Å². The first-order valence-corrected chi connectivity index (χ1v) is 12.3. The lowest BCUT2D eigenvalue weighted by Crippen LogP contribution is -2.28. The van der Waals surface area contributed by atoms with Gasteiger partial charge in [0.25, 0.3) is 0 Å². The Hall–Kier alpha value is -3.85. The number of carbonyl (C=O) groups is 2. The van der Waals surface area contributed by atoms with Gasteiger partial charge >= 0.3 is 18.1 Å². The Morgan fingerprint density at radius 1 is 0.921 bits per heavy atom. The zero-order valence-electron chi connectivity index (χ0n) is 20.7. The Morgan fingerprint density at radius 3 is 2.16 bits per heavy atom. The van der Waals surface area contributed by atoms with Crippen LogP contribution in [0.1, 0.15) is 35.4 Å². The summed E-state index contributed by atoms with van der Waals surface area (Å²) in [7, 11) is 0. The van der Waals surface area contributed by atoms with Crippen molar-refractivity contribution in [2.75, 3.05) is 19.8 Å². The van der Waals surface area contributed by atoms with Gasteiger partial charge in [0.05, 0.1) is 19.6 Å². The van der Waals surface area contributed by atoms with E-state index in [0.717, 1.165) is 26.1 Å². The highest BCUT2D eigenvalue weighted by Crippen LogP contribution is 2.38. The van der Waals surface area contributed by atoms with E-state index in [1.165, 1.54) is 11.1 Å². The summed E-state index contributed by atoms with van der Waals surface area (Å²) in [6, 6.07) is 25.7. The minimum atomic E-state index is -5.22. The molecule has 0 radical (unpaired) electrons. The summed E-state index contributed by atoms with van der Waals surface area (Å²) in [6.07, 6.45) is -4.82. The Labute approximate surface area is 218 Å². The van der Waals surface area contributed by atoms with Crippen LogP contribution in [0, 0.1) is 0 Å². The second-order valence-corrected chi connectivity index (χ2v) is 9.05. The van der Waals surface area contributed by atoms with Crippen molar-refractivity contribution in [1.82, 2.24) is 4.90 Å². The first kappa shape index (κ1) is 27.2. The van der Waals surface area contributed by atoms with Gasteiger partial charge in [-0.3, -0.25) is 9.69 Å². The van der Waals surface area contributed by atoms with E-state index >= 15 is 0 Å². The summed E-state index contributed by atoms with van der Waals surface area (Å²) < 4.78 is 52.3. The Morgan fingerprint density at radius 2 is 1.55 bits per heavy atom. The number of rotatable bonds is 11. The highest BCUT2D eigenvalue weighted by molar-refractivity contribution is 5.88. The van der Waals surface area contributed by atoms with Gasteiger partial charge < -0.3 is 14.2 Å². The molecule has 0 saturated heterocycles. The molecule has 0 aliphatic carbocycles. The van der Waals surface area contributed by atoms with Crippen molar-refractivity contribution in [3.63, 3.8) is 0 Å². The predicted molar refractivity (Wildman–Crippen MR) is 134 cm³/mol. The molecule has 1 heterocycles. The van der Waals surface area contributed by atoms with Gasteiger partial charge in [-0.05, 0) is 23.6 Å². The number of carbonyl (C=O) groups excluding carboxylic acids is 2. The summed E-state index contributed by atoms with van der Waals surface area (Å²) in [5.41, 5.74) is 3.13. The zero-order chi connectivity index (χ0) is 27.0. The number of halogens is 3. The van der Waals surface area contributed by atoms with Crippen LogP contribution in [-0.2, 0) is 27.4 Å². The largest absolute Gasteiger partial charge is 0.493 e. The van der Waals surface area contributed by atoms with Crippen molar-refractivity contribution in [3.05, 3.63) is 95.6 Å². The summed E-state index contributed by atoms with van der Waals surface area (Å²) in [5.74, 6) is -3.17.